The summed E-state index contributed by atoms with van der Waals surface area (Å²) in [6, 6.07) is 4.53. The highest BCUT2D eigenvalue weighted by atomic mass is 79.9. The molecule has 1 aromatic rings. The van der Waals surface area contributed by atoms with Crippen LogP contribution in [0.1, 0.15) is 10.4 Å². The molecule has 0 spiro atoms. The van der Waals surface area contributed by atoms with Crippen LogP contribution in [-0.2, 0) is 4.74 Å². The second-order valence-corrected chi connectivity index (χ2v) is 3.80. The van der Waals surface area contributed by atoms with Gasteiger partial charge in [0.25, 0.3) is 0 Å². The molecule has 0 fully saturated rings. The molecule has 0 aromatic heterocycles. The first-order valence-corrected chi connectivity index (χ1v) is 5.30. The average molecular weight is 313 g/mol. The van der Waals surface area contributed by atoms with Crippen molar-refractivity contribution in [1.29, 1.82) is 0 Å². The van der Waals surface area contributed by atoms with Crippen molar-refractivity contribution < 1.29 is 27.4 Å². The molecule has 0 saturated heterocycles. The van der Waals surface area contributed by atoms with Gasteiger partial charge in [0, 0.05) is 10.0 Å². The fourth-order valence-electron chi connectivity index (χ4n) is 1.02. The topological polar surface area (TPSA) is 35.5 Å². The van der Waals surface area contributed by atoms with E-state index in [-0.39, 0.29) is 6.61 Å². The van der Waals surface area contributed by atoms with Crippen LogP contribution in [0.2, 0.25) is 0 Å². The van der Waals surface area contributed by atoms with Gasteiger partial charge in [0.15, 0.2) is 6.29 Å². The Kier molecular flexibility index (Phi) is 4.95. The van der Waals surface area contributed by atoms with Crippen LogP contribution in [0.15, 0.2) is 22.7 Å². The van der Waals surface area contributed by atoms with Gasteiger partial charge < -0.3 is 4.74 Å². The largest absolute Gasteiger partial charge is 0.522 e. The Hall–Kier alpha value is -1.08. The monoisotopic (exact) mass is 312 g/mol. The van der Waals surface area contributed by atoms with E-state index in [2.05, 4.69) is 20.7 Å². The minimum Gasteiger partial charge on any atom is -0.491 e. The van der Waals surface area contributed by atoms with Crippen molar-refractivity contribution in [2.24, 2.45) is 0 Å². The predicted octanol–water partition coefficient (Wildman–Crippen LogP) is 3.18. The zero-order valence-corrected chi connectivity index (χ0v) is 10.0. The van der Waals surface area contributed by atoms with Gasteiger partial charge >= 0.3 is 6.36 Å². The van der Waals surface area contributed by atoms with E-state index in [1.54, 1.807) is 6.07 Å². The number of carbonyl (C=O) groups is 1. The average Bonchev–Trinajstić information content (AvgIpc) is 2.25. The quantitative estimate of drug-likeness (QED) is 0.619. The molecule has 0 aliphatic rings. The van der Waals surface area contributed by atoms with E-state index in [0.29, 0.717) is 22.1 Å². The molecule has 1 rings (SSSR count). The molecule has 0 amide bonds. The maximum atomic E-state index is 11.6. The normalized spacial score (nSPS) is 11.3. The third-order valence-corrected chi connectivity index (χ3v) is 2.43. The van der Waals surface area contributed by atoms with Crippen LogP contribution in [0.4, 0.5) is 13.2 Å². The van der Waals surface area contributed by atoms with Crippen molar-refractivity contribution in [2.75, 3.05) is 13.2 Å². The Bertz CT molecular complexity index is 393. The van der Waals surface area contributed by atoms with Crippen molar-refractivity contribution in [2.45, 2.75) is 6.36 Å². The van der Waals surface area contributed by atoms with Crippen LogP contribution in [-0.4, -0.2) is 25.9 Å². The number of hydrogen-bond donors (Lipinski definition) is 0. The Morgan fingerprint density at radius 3 is 2.59 bits per heavy atom. The lowest BCUT2D eigenvalue weighted by atomic mass is 10.2. The third-order valence-electron chi connectivity index (χ3n) is 1.71. The van der Waals surface area contributed by atoms with Gasteiger partial charge in [-0.1, -0.05) is 15.9 Å². The minimum absolute atomic E-state index is 0.251. The third kappa shape index (κ3) is 5.18. The van der Waals surface area contributed by atoms with Crippen molar-refractivity contribution >= 4 is 22.2 Å². The van der Waals surface area contributed by atoms with Crippen molar-refractivity contribution in [3.63, 3.8) is 0 Å². The Morgan fingerprint density at radius 2 is 2.00 bits per heavy atom. The second-order valence-electron chi connectivity index (χ2n) is 2.94. The summed E-state index contributed by atoms with van der Waals surface area (Å²) in [6.45, 7) is -0.852. The first kappa shape index (κ1) is 14.0. The molecule has 0 saturated carbocycles. The second kappa shape index (κ2) is 6.02. The molecule has 3 nitrogen and oxygen atoms in total. The number of carbonyl (C=O) groups excluding carboxylic acids is 1. The fourth-order valence-corrected chi connectivity index (χ4v) is 1.36. The van der Waals surface area contributed by atoms with E-state index in [4.69, 9.17) is 4.74 Å². The Balaban J connectivity index is 2.45. The molecule has 1 aromatic carbocycles. The van der Waals surface area contributed by atoms with Crippen LogP contribution in [0.3, 0.4) is 0 Å². The van der Waals surface area contributed by atoms with E-state index in [0.717, 1.165) is 0 Å². The molecule has 0 aliphatic heterocycles. The smallest absolute Gasteiger partial charge is 0.491 e. The SMILES string of the molecule is O=Cc1cc(OCCOC(F)(F)F)ccc1Br. The summed E-state index contributed by atoms with van der Waals surface area (Å²) in [5, 5.41) is 0. The van der Waals surface area contributed by atoms with Gasteiger partial charge in [-0.3, -0.25) is 9.53 Å². The molecule has 17 heavy (non-hydrogen) atoms. The summed E-state index contributed by atoms with van der Waals surface area (Å²) in [5.41, 5.74) is 0.360. The summed E-state index contributed by atoms with van der Waals surface area (Å²) in [4.78, 5) is 10.6. The first-order chi connectivity index (χ1) is 7.92. The molecule has 0 bridgehead atoms. The molecule has 0 aliphatic carbocycles. The summed E-state index contributed by atoms with van der Waals surface area (Å²) >= 11 is 3.14. The number of rotatable bonds is 5. The zero-order valence-electron chi connectivity index (χ0n) is 8.46. The Labute approximate surface area is 104 Å². The molecular formula is C10H8BrF3O3. The number of benzene rings is 1. The van der Waals surface area contributed by atoms with E-state index in [9.17, 15) is 18.0 Å². The highest BCUT2D eigenvalue weighted by Crippen LogP contribution is 2.21. The van der Waals surface area contributed by atoms with E-state index >= 15 is 0 Å². The van der Waals surface area contributed by atoms with Crippen molar-refractivity contribution in [1.82, 2.24) is 0 Å². The minimum atomic E-state index is -4.66. The lowest BCUT2D eigenvalue weighted by molar-refractivity contribution is -0.325. The molecule has 0 unspecified atom stereocenters. The van der Waals surface area contributed by atoms with E-state index < -0.39 is 13.0 Å². The molecule has 0 radical (unpaired) electrons. The van der Waals surface area contributed by atoms with Crippen molar-refractivity contribution in [3.8, 4) is 5.75 Å². The number of hydrogen-bond acceptors (Lipinski definition) is 3. The van der Waals surface area contributed by atoms with Crippen molar-refractivity contribution in [3.05, 3.63) is 28.2 Å². The number of aldehydes is 1. The van der Waals surface area contributed by atoms with Crippen LogP contribution >= 0.6 is 15.9 Å². The highest BCUT2D eigenvalue weighted by molar-refractivity contribution is 9.10. The van der Waals surface area contributed by atoms with Gasteiger partial charge in [0.1, 0.15) is 12.4 Å². The van der Waals surface area contributed by atoms with Gasteiger partial charge in [0.2, 0.25) is 0 Å². The number of halogens is 4. The standard InChI is InChI=1S/C10H8BrF3O3/c11-9-2-1-8(5-7(9)6-15)16-3-4-17-10(12,13)14/h1-2,5-6H,3-4H2. The lowest BCUT2D eigenvalue weighted by Gasteiger charge is -2.09. The number of ether oxygens (including phenoxy) is 2. The molecule has 0 atom stereocenters. The summed E-state index contributed by atoms with van der Waals surface area (Å²) < 4.78 is 44.0. The van der Waals surface area contributed by atoms with Gasteiger partial charge in [-0.2, -0.15) is 0 Å². The van der Waals surface area contributed by atoms with E-state index in [1.807, 2.05) is 0 Å². The van der Waals surface area contributed by atoms with Gasteiger partial charge in [-0.15, -0.1) is 13.2 Å². The zero-order chi connectivity index (χ0) is 12.9. The summed E-state index contributed by atoms with van der Waals surface area (Å²) in [5.74, 6) is 0.307. The molecular weight excluding hydrogens is 305 g/mol. The van der Waals surface area contributed by atoms with Crippen LogP contribution < -0.4 is 4.74 Å². The predicted molar refractivity (Wildman–Crippen MR) is 57.0 cm³/mol. The molecule has 0 N–H and O–H groups in total. The van der Waals surface area contributed by atoms with Crippen LogP contribution in [0, 0.1) is 0 Å². The maximum absolute atomic E-state index is 11.6. The summed E-state index contributed by atoms with van der Waals surface area (Å²) in [6.07, 6.45) is -4.04. The Morgan fingerprint density at radius 1 is 1.29 bits per heavy atom. The van der Waals surface area contributed by atoms with Crippen LogP contribution in [0.5, 0.6) is 5.75 Å². The van der Waals surface area contributed by atoms with E-state index in [1.165, 1.54) is 12.1 Å². The van der Waals surface area contributed by atoms with Crippen LogP contribution in [0.25, 0.3) is 0 Å². The maximum Gasteiger partial charge on any atom is 0.522 e. The summed E-state index contributed by atoms with van der Waals surface area (Å²) in [7, 11) is 0. The molecule has 94 valence electrons. The number of alkyl halides is 3. The van der Waals surface area contributed by atoms with Gasteiger partial charge in [-0.05, 0) is 18.2 Å². The van der Waals surface area contributed by atoms with Gasteiger partial charge in [-0.25, -0.2) is 0 Å². The van der Waals surface area contributed by atoms with Gasteiger partial charge in [0.05, 0.1) is 6.61 Å². The molecule has 0 heterocycles. The lowest BCUT2D eigenvalue weighted by Crippen LogP contribution is -2.18. The molecule has 7 heteroatoms. The highest BCUT2D eigenvalue weighted by Gasteiger charge is 2.28. The first-order valence-electron chi connectivity index (χ1n) is 4.50. The fraction of sp³-hybridized carbons (Fsp3) is 0.300.